The molecule has 3 aromatic rings. The quantitative estimate of drug-likeness (QED) is 0.466. The Morgan fingerprint density at radius 2 is 1.65 bits per heavy atom. The normalized spacial score (nSPS) is 14.2. The molecule has 0 N–H and O–H groups in total. The van der Waals surface area contributed by atoms with Gasteiger partial charge in [-0.1, -0.05) is 30.3 Å². The molecule has 1 atom stereocenters. The lowest BCUT2D eigenvalue weighted by atomic mass is 10.1. The predicted octanol–water partition coefficient (Wildman–Crippen LogP) is 4.49. The van der Waals surface area contributed by atoms with Crippen LogP contribution in [0, 0.1) is 0 Å². The van der Waals surface area contributed by atoms with Gasteiger partial charge in [0.2, 0.25) is 0 Å². The van der Waals surface area contributed by atoms with E-state index in [1.165, 1.54) is 15.3 Å². The average molecular weight is 435 g/mol. The molecule has 0 saturated carbocycles. The Hall–Kier alpha value is -2.96. The number of carbonyl (C=O) groups excluding carboxylic acids is 2. The summed E-state index contributed by atoms with van der Waals surface area (Å²) >= 11 is 1.75. The molecule has 2 aromatic carbocycles. The van der Waals surface area contributed by atoms with Gasteiger partial charge in [-0.05, 0) is 54.6 Å². The van der Waals surface area contributed by atoms with Crippen molar-refractivity contribution in [2.24, 2.45) is 0 Å². The Kier molecular flexibility index (Phi) is 6.49. The molecule has 1 aromatic heterocycles. The van der Waals surface area contributed by atoms with Gasteiger partial charge in [-0.15, -0.1) is 11.3 Å². The van der Waals surface area contributed by atoms with Gasteiger partial charge in [-0.3, -0.25) is 19.4 Å². The van der Waals surface area contributed by atoms with E-state index in [1.807, 2.05) is 12.1 Å². The van der Waals surface area contributed by atoms with Crippen LogP contribution >= 0.6 is 11.3 Å². The minimum absolute atomic E-state index is 0.198. The van der Waals surface area contributed by atoms with E-state index in [-0.39, 0.29) is 17.9 Å². The standard InChI is InChI=1S/C25H26N2O3S/c1-18(16-21-6-5-15-31-21)26(17-19-9-11-20(30-2)12-10-19)13-14-27-24(28)22-7-3-4-8-23(22)25(27)29/h3-12,15,18H,13-14,16-17H2,1-2H3. The first kappa shape index (κ1) is 21.3. The van der Waals surface area contributed by atoms with Crippen molar-refractivity contribution < 1.29 is 14.3 Å². The van der Waals surface area contributed by atoms with E-state index in [4.69, 9.17) is 4.74 Å². The van der Waals surface area contributed by atoms with E-state index in [9.17, 15) is 9.59 Å². The zero-order chi connectivity index (χ0) is 21.8. The maximum Gasteiger partial charge on any atom is 0.261 e. The minimum atomic E-state index is -0.198. The van der Waals surface area contributed by atoms with Gasteiger partial charge in [0.1, 0.15) is 5.75 Å². The lowest BCUT2D eigenvalue weighted by molar-refractivity contribution is 0.0622. The van der Waals surface area contributed by atoms with E-state index in [2.05, 4.69) is 41.5 Å². The summed E-state index contributed by atoms with van der Waals surface area (Å²) in [5.74, 6) is 0.430. The number of amides is 2. The highest BCUT2D eigenvalue weighted by molar-refractivity contribution is 7.09. The van der Waals surface area contributed by atoms with E-state index in [0.717, 1.165) is 18.7 Å². The number of benzene rings is 2. The number of hydrogen-bond donors (Lipinski definition) is 0. The second kappa shape index (κ2) is 9.45. The third-order valence-electron chi connectivity index (χ3n) is 5.73. The molecule has 0 aliphatic carbocycles. The molecular formula is C25H26N2O3S. The molecule has 4 rings (SSSR count). The molecule has 31 heavy (non-hydrogen) atoms. The molecule has 1 aliphatic rings. The number of thiophene rings is 1. The molecule has 1 aliphatic heterocycles. The summed E-state index contributed by atoms with van der Waals surface area (Å²) in [6.45, 7) is 3.92. The summed E-state index contributed by atoms with van der Waals surface area (Å²) in [5, 5.41) is 2.09. The molecule has 0 bridgehead atoms. The number of hydrogen-bond acceptors (Lipinski definition) is 5. The molecule has 2 heterocycles. The van der Waals surface area contributed by atoms with Crippen LogP contribution in [0.1, 0.15) is 38.1 Å². The monoisotopic (exact) mass is 434 g/mol. The minimum Gasteiger partial charge on any atom is -0.497 e. The maximum absolute atomic E-state index is 12.7. The highest BCUT2D eigenvalue weighted by atomic mass is 32.1. The molecule has 6 heteroatoms. The zero-order valence-electron chi connectivity index (χ0n) is 17.8. The van der Waals surface area contributed by atoms with Gasteiger partial charge in [0, 0.05) is 30.6 Å². The first-order valence-corrected chi connectivity index (χ1v) is 11.3. The van der Waals surface area contributed by atoms with E-state index in [0.29, 0.717) is 24.2 Å². The van der Waals surface area contributed by atoms with Crippen LogP contribution in [0.2, 0.25) is 0 Å². The fraction of sp³-hybridized carbons (Fsp3) is 0.280. The number of imide groups is 1. The van der Waals surface area contributed by atoms with Crippen molar-refractivity contribution in [3.8, 4) is 5.75 Å². The summed E-state index contributed by atoms with van der Waals surface area (Å²) < 4.78 is 5.27. The Morgan fingerprint density at radius 3 is 2.23 bits per heavy atom. The number of carbonyl (C=O) groups is 2. The molecule has 0 radical (unpaired) electrons. The van der Waals surface area contributed by atoms with Crippen molar-refractivity contribution >= 4 is 23.2 Å². The van der Waals surface area contributed by atoms with Gasteiger partial charge >= 0.3 is 0 Å². The summed E-state index contributed by atoms with van der Waals surface area (Å²) in [5.41, 5.74) is 2.17. The van der Waals surface area contributed by atoms with Gasteiger partial charge in [0.05, 0.1) is 18.2 Å². The molecule has 1 unspecified atom stereocenters. The van der Waals surface area contributed by atoms with E-state index >= 15 is 0 Å². The Labute approximate surface area is 186 Å². The highest BCUT2D eigenvalue weighted by Crippen LogP contribution is 2.23. The second-order valence-electron chi connectivity index (χ2n) is 7.76. The van der Waals surface area contributed by atoms with Crippen molar-refractivity contribution in [1.82, 2.24) is 9.80 Å². The topological polar surface area (TPSA) is 49.9 Å². The number of methoxy groups -OCH3 is 1. The van der Waals surface area contributed by atoms with Crippen molar-refractivity contribution in [2.45, 2.75) is 25.9 Å². The van der Waals surface area contributed by atoms with Crippen LogP contribution in [0.25, 0.3) is 0 Å². The van der Waals surface area contributed by atoms with Crippen molar-refractivity contribution in [3.05, 3.63) is 87.6 Å². The lowest BCUT2D eigenvalue weighted by Crippen LogP contribution is -2.42. The van der Waals surface area contributed by atoms with Crippen LogP contribution < -0.4 is 4.74 Å². The SMILES string of the molecule is COc1ccc(CN(CCN2C(=O)c3ccccc3C2=O)C(C)Cc2cccs2)cc1. The van der Waals surface area contributed by atoms with Crippen molar-refractivity contribution in [3.63, 3.8) is 0 Å². The summed E-state index contributed by atoms with van der Waals surface area (Å²) in [4.78, 5) is 30.5. The third kappa shape index (κ3) is 4.70. The molecule has 5 nitrogen and oxygen atoms in total. The van der Waals surface area contributed by atoms with Crippen LogP contribution in [-0.2, 0) is 13.0 Å². The van der Waals surface area contributed by atoms with E-state index < -0.39 is 0 Å². The first-order chi connectivity index (χ1) is 15.1. The number of nitrogens with zero attached hydrogens (tertiary/aromatic N) is 2. The zero-order valence-corrected chi connectivity index (χ0v) is 18.6. The largest absolute Gasteiger partial charge is 0.497 e. The number of ether oxygens (including phenoxy) is 1. The van der Waals surface area contributed by atoms with Crippen LogP contribution in [0.3, 0.4) is 0 Å². The highest BCUT2D eigenvalue weighted by Gasteiger charge is 2.35. The Bertz CT molecular complexity index is 1010. The first-order valence-electron chi connectivity index (χ1n) is 10.4. The number of fused-ring (bicyclic) bond motifs is 1. The van der Waals surface area contributed by atoms with Gasteiger partial charge in [0.25, 0.3) is 11.8 Å². The molecule has 0 saturated heterocycles. The Balaban J connectivity index is 1.48. The van der Waals surface area contributed by atoms with Crippen LogP contribution in [0.5, 0.6) is 5.75 Å². The van der Waals surface area contributed by atoms with Crippen LogP contribution in [0.15, 0.2) is 66.0 Å². The van der Waals surface area contributed by atoms with Crippen molar-refractivity contribution in [1.29, 1.82) is 0 Å². The average Bonchev–Trinajstić information content (AvgIpc) is 3.39. The van der Waals surface area contributed by atoms with Gasteiger partial charge < -0.3 is 4.74 Å². The predicted molar refractivity (Wildman–Crippen MR) is 123 cm³/mol. The van der Waals surface area contributed by atoms with Gasteiger partial charge in [-0.25, -0.2) is 0 Å². The maximum atomic E-state index is 12.7. The fourth-order valence-electron chi connectivity index (χ4n) is 3.94. The fourth-order valence-corrected chi connectivity index (χ4v) is 4.77. The summed E-state index contributed by atoms with van der Waals surface area (Å²) in [6, 6.07) is 19.6. The van der Waals surface area contributed by atoms with Gasteiger partial charge in [-0.2, -0.15) is 0 Å². The van der Waals surface area contributed by atoms with Crippen LogP contribution in [-0.4, -0.2) is 47.9 Å². The molecular weight excluding hydrogens is 408 g/mol. The summed E-state index contributed by atoms with van der Waals surface area (Å²) in [6.07, 6.45) is 0.927. The summed E-state index contributed by atoms with van der Waals surface area (Å²) in [7, 11) is 1.66. The van der Waals surface area contributed by atoms with Crippen molar-refractivity contribution in [2.75, 3.05) is 20.2 Å². The third-order valence-corrected chi connectivity index (χ3v) is 6.63. The molecule has 0 spiro atoms. The molecule has 160 valence electrons. The molecule has 0 fully saturated rings. The number of rotatable bonds is 9. The molecule has 2 amide bonds. The Morgan fingerprint density at radius 1 is 0.968 bits per heavy atom. The van der Waals surface area contributed by atoms with Crippen LogP contribution in [0.4, 0.5) is 0 Å². The van der Waals surface area contributed by atoms with Gasteiger partial charge in [0.15, 0.2) is 0 Å². The van der Waals surface area contributed by atoms with E-state index in [1.54, 1.807) is 42.7 Å². The lowest BCUT2D eigenvalue weighted by Gasteiger charge is -2.30. The smallest absolute Gasteiger partial charge is 0.261 e. The second-order valence-corrected chi connectivity index (χ2v) is 8.79.